The van der Waals surface area contributed by atoms with Crippen LogP contribution in [0.5, 0.6) is 11.5 Å². The van der Waals surface area contributed by atoms with Gasteiger partial charge in [0, 0.05) is 23.4 Å². The van der Waals surface area contributed by atoms with Gasteiger partial charge in [0.15, 0.2) is 0 Å². The van der Waals surface area contributed by atoms with E-state index in [4.69, 9.17) is 4.74 Å². The topological polar surface area (TPSA) is 74.5 Å². The molecule has 128 valence electrons. The molecule has 1 N–H and O–H groups in total. The highest BCUT2D eigenvalue weighted by Crippen LogP contribution is 2.29. The molecule has 0 radical (unpaired) electrons. The Morgan fingerprint density at radius 3 is 2.52 bits per heavy atom. The summed E-state index contributed by atoms with van der Waals surface area (Å²) in [6.07, 6.45) is 0.277. The lowest BCUT2D eigenvalue weighted by Crippen LogP contribution is -2.22. The van der Waals surface area contributed by atoms with Gasteiger partial charge in [-0.05, 0) is 66.9 Å². The van der Waals surface area contributed by atoms with E-state index in [9.17, 15) is 15.0 Å². The molecule has 0 amide bonds. The van der Waals surface area contributed by atoms with E-state index in [-0.39, 0.29) is 12.2 Å². The molecule has 1 heterocycles. The van der Waals surface area contributed by atoms with Gasteiger partial charge >= 0.3 is 0 Å². The SMILES string of the molecule is COc1ccc(-c2ccc(CCC(=O)[O-])n2-c2cccc(O)c2)cc1. The van der Waals surface area contributed by atoms with Crippen LogP contribution in [0.4, 0.5) is 0 Å². The van der Waals surface area contributed by atoms with Crippen LogP contribution < -0.4 is 9.84 Å². The lowest BCUT2D eigenvalue weighted by atomic mass is 10.1. The van der Waals surface area contributed by atoms with E-state index in [2.05, 4.69) is 0 Å². The van der Waals surface area contributed by atoms with Crippen molar-refractivity contribution in [1.29, 1.82) is 0 Å². The maximum absolute atomic E-state index is 10.8. The molecular formula is C20H18NO4-. The van der Waals surface area contributed by atoms with Crippen LogP contribution in [0.25, 0.3) is 16.9 Å². The van der Waals surface area contributed by atoms with Gasteiger partial charge in [0.1, 0.15) is 11.5 Å². The van der Waals surface area contributed by atoms with Crippen molar-refractivity contribution in [3.8, 4) is 28.4 Å². The Morgan fingerprint density at radius 1 is 1.12 bits per heavy atom. The molecule has 1 aromatic heterocycles. The molecule has 0 saturated heterocycles. The molecule has 3 aromatic rings. The first-order valence-electron chi connectivity index (χ1n) is 7.93. The number of aromatic nitrogens is 1. The Labute approximate surface area is 145 Å². The minimum atomic E-state index is -1.09. The molecule has 2 aromatic carbocycles. The number of benzene rings is 2. The quantitative estimate of drug-likeness (QED) is 0.751. The number of carboxylic acid groups (broad SMARTS) is 1. The average Bonchev–Trinajstić information content (AvgIpc) is 3.04. The summed E-state index contributed by atoms with van der Waals surface area (Å²) in [5.41, 5.74) is 3.47. The third kappa shape index (κ3) is 3.66. The number of aliphatic carboxylic acids is 1. The summed E-state index contributed by atoms with van der Waals surface area (Å²) in [6, 6.07) is 18.3. The van der Waals surface area contributed by atoms with E-state index in [1.165, 1.54) is 0 Å². The molecule has 0 aliphatic heterocycles. The fraction of sp³-hybridized carbons (Fsp3) is 0.150. The molecule has 5 nitrogen and oxygen atoms in total. The number of hydrogen-bond donors (Lipinski definition) is 1. The molecule has 0 aliphatic rings. The fourth-order valence-corrected chi connectivity index (χ4v) is 2.83. The van der Waals surface area contributed by atoms with Crippen LogP contribution in [0, 0.1) is 0 Å². The van der Waals surface area contributed by atoms with Crippen LogP contribution in [0.3, 0.4) is 0 Å². The Kier molecular flexibility index (Phi) is 4.75. The number of ether oxygens (including phenoxy) is 1. The van der Waals surface area contributed by atoms with Crippen LogP contribution in [0.15, 0.2) is 60.7 Å². The number of aryl methyl sites for hydroxylation is 1. The molecule has 0 aliphatic carbocycles. The second-order valence-electron chi connectivity index (χ2n) is 5.67. The van der Waals surface area contributed by atoms with Crippen LogP contribution in [-0.2, 0) is 11.2 Å². The number of nitrogens with zero attached hydrogens (tertiary/aromatic N) is 1. The molecule has 0 atom stereocenters. The second-order valence-corrected chi connectivity index (χ2v) is 5.67. The number of phenols is 1. The van der Waals surface area contributed by atoms with E-state index in [1.807, 2.05) is 47.0 Å². The molecule has 5 heteroatoms. The molecule has 0 unspecified atom stereocenters. The zero-order valence-corrected chi connectivity index (χ0v) is 13.8. The maximum Gasteiger partial charge on any atom is 0.118 e. The summed E-state index contributed by atoms with van der Waals surface area (Å²) in [6.45, 7) is 0. The first kappa shape index (κ1) is 16.6. The summed E-state index contributed by atoms with van der Waals surface area (Å²) in [7, 11) is 1.61. The number of hydrogen-bond acceptors (Lipinski definition) is 4. The Morgan fingerprint density at radius 2 is 1.88 bits per heavy atom. The molecule has 0 fully saturated rings. The monoisotopic (exact) mass is 336 g/mol. The summed E-state index contributed by atoms with van der Waals surface area (Å²) in [5.74, 6) is -0.177. The number of carbonyl (C=O) groups is 1. The van der Waals surface area contributed by atoms with Crippen LogP contribution in [0.2, 0.25) is 0 Å². The van der Waals surface area contributed by atoms with Gasteiger partial charge in [-0.2, -0.15) is 0 Å². The first-order chi connectivity index (χ1) is 12.1. The minimum absolute atomic E-state index is 0.0646. The lowest BCUT2D eigenvalue weighted by molar-refractivity contribution is -0.305. The highest BCUT2D eigenvalue weighted by atomic mass is 16.5. The summed E-state index contributed by atoms with van der Waals surface area (Å²) < 4.78 is 7.14. The Hall–Kier alpha value is -3.21. The molecule has 3 rings (SSSR count). The average molecular weight is 336 g/mol. The van der Waals surface area contributed by atoms with Crippen molar-refractivity contribution in [3.05, 3.63) is 66.4 Å². The Balaban J connectivity index is 2.09. The van der Waals surface area contributed by atoms with E-state index < -0.39 is 5.97 Å². The lowest BCUT2D eigenvalue weighted by Gasteiger charge is -2.15. The zero-order chi connectivity index (χ0) is 17.8. The van der Waals surface area contributed by atoms with Gasteiger partial charge in [0.2, 0.25) is 0 Å². The van der Waals surface area contributed by atoms with Crippen LogP contribution in [0.1, 0.15) is 12.1 Å². The van der Waals surface area contributed by atoms with Crippen molar-refractivity contribution < 1.29 is 19.7 Å². The standard InChI is InChI=1S/C20H19NO4/c1-25-18-9-5-14(6-10-18)19-11-7-15(8-12-20(23)24)21(19)16-3-2-4-17(22)13-16/h2-7,9-11,13,22H,8,12H2,1H3,(H,23,24)/p-1. The number of carboxylic acids is 1. The highest BCUT2D eigenvalue weighted by Gasteiger charge is 2.12. The van der Waals surface area contributed by atoms with Gasteiger partial charge in [0.25, 0.3) is 0 Å². The number of aromatic hydroxyl groups is 1. The predicted molar refractivity (Wildman–Crippen MR) is 92.7 cm³/mol. The van der Waals surface area contributed by atoms with Gasteiger partial charge in [-0.15, -0.1) is 0 Å². The van der Waals surface area contributed by atoms with Crippen molar-refractivity contribution >= 4 is 5.97 Å². The Bertz CT molecular complexity index is 881. The minimum Gasteiger partial charge on any atom is -0.550 e. The summed E-state index contributed by atoms with van der Waals surface area (Å²) in [5, 5.41) is 20.7. The van der Waals surface area contributed by atoms with Crippen molar-refractivity contribution in [1.82, 2.24) is 4.57 Å². The maximum atomic E-state index is 10.8. The molecule has 0 bridgehead atoms. The molecular weight excluding hydrogens is 318 g/mol. The van der Waals surface area contributed by atoms with Crippen molar-refractivity contribution in [3.63, 3.8) is 0 Å². The van der Waals surface area contributed by atoms with Crippen LogP contribution in [-0.4, -0.2) is 22.8 Å². The number of rotatable bonds is 6. The molecule has 0 spiro atoms. The third-order valence-electron chi connectivity index (χ3n) is 4.02. The van der Waals surface area contributed by atoms with E-state index >= 15 is 0 Å². The first-order valence-corrected chi connectivity index (χ1v) is 7.93. The van der Waals surface area contributed by atoms with Crippen molar-refractivity contribution in [2.45, 2.75) is 12.8 Å². The zero-order valence-electron chi connectivity index (χ0n) is 13.8. The number of carbonyl (C=O) groups excluding carboxylic acids is 1. The molecule has 25 heavy (non-hydrogen) atoms. The van der Waals surface area contributed by atoms with Crippen molar-refractivity contribution in [2.24, 2.45) is 0 Å². The van der Waals surface area contributed by atoms with E-state index in [0.717, 1.165) is 28.4 Å². The second kappa shape index (κ2) is 7.13. The van der Waals surface area contributed by atoms with E-state index in [1.54, 1.807) is 25.3 Å². The largest absolute Gasteiger partial charge is 0.550 e. The van der Waals surface area contributed by atoms with Crippen molar-refractivity contribution in [2.75, 3.05) is 7.11 Å². The summed E-state index contributed by atoms with van der Waals surface area (Å²) >= 11 is 0. The summed E-state index contributed by atoms with van der Waals surface area (Å²) in [4.78, 5) is 10.8. The predicted octanol–water partition coefficient (Wildman–Crippen LogP) is 2.54. The van der Waals surface area contributed by atoms with Gasteiger partial charge in [-0.3, -0.25) is 0 Å². The number of phenolic OH excluding ortho intramolecular Hbond substituents is 1. The fourth-order valence-electron chi connectivity index (χ4n) is 2.83. The normalized spacial score (nSPS) is 10.6. The van der Waals surface area contributed by atoms with E-state index in [0.29, 0.717) is 6.42 Å². The van der Waals surface area contributed by atoms with Gasteiger partial charge in [-0.1, -0.05) is 6.07 Å². The number of methoxy groups -OCH3 is 1. The van der Waals surface area contributed by atoms with Gasteiger partial charge in [-0.25, -0.2) is 0 Å². The highest BCUT2D eigenvalue weighted by molar-refractivity contribution is 5.67. The van der Waals surface area contributed by atoms with Gasteiger partial charge < -0.3 is 24.3 Å². The van der Waals surface area contributed by atoms with Gasteiger partial charge in [0.05, 0.1) is 12.8 Å². The van der Waals surface area contributed by atoms with Crippen LogP contribution >= 0.6 is 0 Å². The smallest absolute Gasteiger partial charge is 0.118 e. The third-order valence-corrected chi connectivity index (χ3v) is 4.02. The molecule has 0 saturated carbocycles.